The number of benzene rings is 5. The number of para-hydroxylation sites is 1. The third kappa shape index (κ3) is 8.95. The summed E-state index contributed by atoms with van der Waals surface area (Å²) in [5.74, 6) is 0. The SMILES string of the molecule is Cc1cc2c(-c3ccc4c(c3)c3ccccc3n4C)c3c(cc2[c-]1[Si](C)(CCCCCCOC(C)(C)C)[c-]1c2cc(C(C)(C)C)ccc2c2ccc(C(C)(C)C)cc21)CCC3.[Cl][Zr+2][Cl]. The second-order valence-electron chi connectivity index (χ2n) is 22.1. The first kappa shape index (κ1) is 47.5. The monoisotopic (exact) mass is 983 g/mol. The van der Waals surface area contributed by atoms with Crippen molar-refractivity contribution in [2.45, 2.75) is 143 Å². The summed E-state index contributed by atoms with van der Waals surface area (Å²) in [6.07, 6.45) is 8.35. The van der Waals surface area contributed by atoms with Crippen LogP contribution >= 0.6 is 17.0 Å². The van der Waals surface area contributed by atoms with Gasteiger partial charge in [-0.05, 0) is 81.0 Å². The van der Waals surface area contributed by atoms with Crippen LogP contribution in [-0.4, -0.2) is 24.8 Å². The Labute approximate surface area is 403 Å². The molecule has 334 valence electrons. The van der Waals surface area contributed by atoms with Crippen molar-refractivity contribution >= 4 is 89.6 Å². The van der Waals surface area contributed by atoms with Crippen molar-refractivity contribution in [1.29, 1.82) is 0 Å². The second kappa shape index (κ2) is 18.3. The van der Waals surface area contributed by atoms with Crippen molar-refractivity contribution in [1.82, 2.24) is 4.57 Å². The van der Waals surface area contributed by atoms with Gasteiger partial charge < -0.3 is 9.30 Å². The molecule has 0 amide bonds. The average molecular weight is 986 g/mol. The van der Waals surface area contributed by atoms with Gasteiger partial charge in [0.05, 0.1) is 5.60 Å². The Morgan fingerprint density at radius 3 is 1.86 bits per heavy atom. The van der Waals surface area contributed by atoms with Crippen molar-refractivity contribution in [3.05, 3.63) is 119 Å². The van der Waals surface area contributed by atoms with E-state index < -0.39 is 28.9 Å². The zero-order valence-electron chi connectivity index (χ0n) is 40.6. The van der Waals surface area contributed by atoms with E-state index in [1.807, 2.05) is 0 Å². The van der Waals surface area contributed by atoms with Gasteiger partial charge in [-0.3, -0.25) is 0 Å². The fourth-order valence-electron chi connectivity index (χ4n) is 11.3. The topological polar surface area (TPSA) is 14.2 Å². The number of hydrogen-bond acceptors (Lipinski definition) is 1. The fraction of sp³-hybridized carbons (Fsp3) is 0.414. The van der Waals surface area contributed by atoms with Crippen LogP contribution in [0.15, 0.2) is 91.0 Å². The van der Waals surface area contributed by atoms with Gasteiger partial charge in [0.25, 0.3) is 0 Å². The second-order valence-corrected chi connectivity index (χ2v) is 30.0. The number of aromatic nitrogens is 1. The molecule has 1 atom stereocenters. The van der Waals surface area contributed by atoms with Crippen LogP contribution in [0.2, 0.25) is 12.6 Å². The quantitative estimate of drug-likeness (QED) is 0.0757. The maximum atomic E-state index is 6.17. The fourth-order valence-corrected chi connectivity index (χ4v) is 16.4. The molecule has 2 nitrogen and oxygen atoms in total. The number of hydrogen-bond donors (Lipinski definition) is 0. The number of rotatable bonds is 10. The first-order chi connectivity index (χ1) is 30.3. The zero-order valence-corrected chi connectivity index (χ0v) is 45.6. The number of ether oxygens (including phenoxy) is 1. The van der Waals surface area contributed by atoms with Gasteiger partial charge in [-0.15, -0.1) is 66.5 Å². The van der Waals surface area contributed by atoms with E-state index in [0.717, 1.165) is 19.4 Å². The molecule has 1 unspecified atom stereocenters. The van der Waals surface area contributed by atoms with E-state index in [0.29, 0.717) is 0 Å². The molecule has 0 N–H and O–H groups in total. The molecule has 6 heteroatoms. The number of aryl methyl sites for hydroxylation is 3. The van der Waals surface area contributed by atoms with E-state index in [9.17, 15) is 0 Å². The van der Waals surface area contributed by atoms with Crippen LogP contribution in [0.25, 0.3) is 65.3 Å². The first-order valence-electron chi connectivity index (χ1n) is 23.8. The van der Waals surface area contributed by atoms with Crippen molar-refractivity contribution in [2.24, 2.45) is 7.05 Å². The Hall–Kier alpha value is -2.98. The van der Waals surface area contributed by atoms with Crippen LogP contribution in [-0.2, 0) is 56.3 Å². The standard InChI is InChI=1S/C58H69NOSi.2ClH.Zr/c1-37-32-47-48(33-38-20-19-22-42(38)53(47)39-24-29-52-46(34-39)45-21-15-16-23-51(45)59(52)11)54(37)61(12,31-18-14-13-17-30-60-58(8,9)10)55-49-35-40(56(2,3)4)25-27-43(49)44-28-26-41(36-50(44)55)57(5,6)7;;;/h15-16,21,23-29,32-36H,13-14,17-20,22,30-31H2,1-12H3;2*1H;/q-2;;;+4/p-2. The summed E-state index contributed by atoms with van der Waals surface area (Å²) in [7, 11) is 9.62. The Morgan fingerprint density at radius 2 is 1.23 bits per heavy atom. The number of unbranched alkanes of at least 4 members (excludes halogenated alkanes) is 3. The molecule has 64 heavy (non-hydrogen) atoms. The van der Waals surface area contributed by atoms with Gasteiger partial charge in [0.15, 0.2) is 0 Å². The maximum absolute atomic E-state index is 6.17. The van der Waals surface area contributed by atoms with Gasteiger partial charge in [-0.25, -0.2) is 0 Å². The molecule has 0 saturated carbocycles. The van der Waals surface area contributed by atoms with Crippen molar-refractivity contribution < 1.29 is 25.6 Å². The molecule has 0 bridgehead atoms. The molecule has 0 aliphatic heterocycles. The van der Waals surface area contributed by atoms with Gasteiger partial charge in [0.2, 0.25) is 0 Å². The molecule has 8 aromatic rings. The Kier molecular flexibility index (Phi) is 13.6. The molecule has 1 heterocycles. The molecular formula is C58H69Cl2NOSiZr. The summed E-state index contributed by atoms with van der Waals surface area (Å²) in [5, 5.41) is 14.9. The summed E-state index contributed by atoms with van der Waals surface area (Å²) in [4.78, 5) is 0. The summed E-state index contributed by atoms with van der Waals surface area (Å²) in [5.41, 5.74) is 13.0. The molecule has 9 rings (SSSR count). The molecule has 0 radical (unpaired) electrons. The Balaban J connectivity index is 0.00000182. The number of fused-ring (bicyclic) bond motifs is 8. The molecule has 1 aromatic heterocycles. The molecule has 7 aromatic carbocycles. The average Bonchev–Trinajstić information content (AvgIpc) is 3.99. The van der Waals surface area contributed by atoms with E-state index in [4.69, 9.17) is 21.8 Å². The molecule has 0 spiro atoms. The zero-order chi connectivity index (χ0) is 45.9. The molecule has 0 saturated heterocycles. The molecule has 1 aliphatic carbocycles. The summed E-state index contributed by atoms with van der Waals surface area (Å²) in [6.45, 7) is 26.8. The normalized spacial score (nSPS) is 14.4. The van der Waals surface area contributed by atoms with Crippen molar-refractivity contribution in [2.75, 3.05) is 6.61 Å². The van der Waals surface area contributed by atoms with Crippen LogP contribution in [0.3, 0.4) is 0 Å². The Morgan fingerprint density at radius 1 is 0.641 bits per heavy atom. The van der Waals surface area contributed by atoms with Gasteiger partial charge in [0.1, 0.15) is 0 Å². The van der Waals surface area contributed by atoms with E-state index >= 15 is 0 Å². The predicted molar refractivity (Wildman–Crippen MR) is 282 cm³/mol. The van der Waals surface area contributed by atoms with E-state index in [-0.39, 0.29) is 16.4 Å². The number of halogens is 2. The molecular weight excluding hydrogens is 917 g/mol. The number of nitrogens with zero attached hydrogens (tertiary/aromatic N) is 1. The van der Waals surface area contributed by atoms with E-state index in [1.165, 1.54) is 120 Å². The molecule has 0 fully saturated rings. The summed E-state index contributed by atoms with van der Waals surface area (Å²) >= 11 is -0.826. The summed E-state index contributed by atoms with van der Waals surface area (Å²) < 4.78 is 8.53. The summed E-state index contributed by atoms with van der Waals surface area (Å²) in [6, 6.07) is 37.8. The van der Waals surface area contributed by atoms with Crippen LogP contribution < -0.4 is 10.4 Å². The van der Waals surface area contributed by atoms with Crippen molar-refractivity contribution in [3.63, 3.8) is 0 Å². The van der Waals surface area contributed by atoms with Gasteiger partial charge in [-0.1, -0.05) is 157 Å². The minimum absolute atomic E-state index is 0.0577. The van der Waals surface area contributed by atoms with Gasteiger partial charge >= 0.3 is 37.9 Å². The van der Waals surface area contributed by atoms with Crippen molar-refractivity contribution in [3.8, 4) is 11.1 Å². The third-order valence-corrected chi connectivity index (χ3v) is 19.2. The molecule has 1 aliphatic rings. The van der Waals surface area contributed by atoms with Crippen LogP contribution in [0.5, 0.6) is 0 Å². The predicted octanol–water partition coefficient (Wildman–Crippen LogP) is 16.2. The van der Waals surface area contributed by atoms with Crippen LogP contribution in [0.4, 0.5) is 0 Å². The van der Waals surface area contributed by atoms with E-state index in [1.54, 1.807) is 21.5 Å². The van der Waals surface area contributed by atoms with E-state index in [2.05, 4.69) is 178 Å². The minimum atomic E-state index is -2.47. The van der Waals surface area contributed by atoms with Crippen LogP contribution in [0, 0.1) is 6.92 Å². The van der Waals surface area contributed by atoms with Gasteiger partial charge in [-0.2, -0.15) is 6.07 Å². The Bertz CT molecular complexity index is 2930. The first-order valence-corrected chi connectivity index (χ1v) is 32.8. The van der Waals surface area contributed by atoms with Gasteiger partial charge in [0, 0.05) is 43.5 Å². The van der Waals surface area contributed by atoms with Crippen LogP contribution in [0.1, 0.15) is 122 Å². The third-order valence-electron chi connectivity index (χ3n) is 14.5.